The fraction of sp³-hybridized carbons (Fsp3) is 0.462. The van der Waals surface area contributed by atoms with Crippen molar-refractivity contribution in [2.45, 2.75) is 58.3 Å². The quantitative estimate of drug-likeness (QED) is 0.379. The number of nitrogens with one attached hydrogen (secondary N) is 1. The van der Waals surface area contributed by atoms with Gasteiger partial charge in [-0.1, -0.05) is 18.2 Å². The highest BCUT2D eigenvalue weighted by molar-refractivity contribution is 5.89. The molecule has 1 amide bonds. The van der Waals surface area contributed by atoms with Crippen molar-refractivity contribution in [1.82, 2.24) is 15.2 Å². The number of carbonyl (C=O) groups excluding carboxylic acids is 3. The second-order valence-electron chi connectivity index (χ2n) is 9.18. The van der Waals surface area contributed by atoms with Crippen molar-refractivity contribution in [3.63, 3.8) is 0 Å². The van der Waals surface area contributed by atoms with Crippen LogP contribution in [0, 0.1) is 0 Å². The summed E-state index contributed by atoms with van der Waals surface area (Å²) in [5.41, 5.74) is 1.80. The predicted octanol–water partition coefficient (Wildman–Crippen LogP) is 3.72. The summed E-state index contributed by atoms with van der Waals surface area (Å²) >= 11 is 0. The zero-order chi connectivity index (χ0) is 25.8. The van der Waals surface area contributed by atoms with E-state index in [-0.39, 0.29) is 18.4 Å². The van der Waals surface area contributed by atoms with Gasteiger partial charge in [0.15, 0.2) is 0 Å². The largest absolute Gasteiger partial charge is 0.469 e. The second kappa shape index (κ2) is 13.4. The molecule has 1 aromatic heterocycles. The van der Waals surface area contributed by atoms with E-state index in [0.29, 0.717) is 31.6 Å². The molecule has 1 aromatic carbocycles. The summed E-state index contributed by atoms with van der Waals surface area (Å²) < 4.78 is 15.0. The van der Waals surface area contributed by atoms with E-state index >= 15 is 0 Å². The van der Waals surface area contributed by atoms with Crippen molar-refractivity contribution >= 4 is 18.0 Å². The third-order valence-electron chi connectivity index (χ3n) is 5.03. The molecule has 0 spiro atoms. The fourth-order valence-electron chi connectivity index (χ4n) is 3.45. The smallest absolute Gasteiger partial charge is 0.407 e. The van der Waals surface area contributed by atoms with E-state index < -0.39 is 17.7 Å². The van der Waals surface area contributed by atoms with Gasteiger partial charge in [-0.2, -0.15) is 0 Å². The van der Waals surface area contributed by atoms with Crippen LogP contribution in [-0.4, -0.2) is 60.3 Å². The minimum absolute atomic E-state index is 0.158. The molecule has 9 heteroatoms. The van der Waals surface area contributed by atoms with E-state index in [2.05, 4.69) is 15.2 Å². The molecule has 9 nitrogen and oxygen atoms in total. The first-order chi connectivity index (χ1) is 16.6. The monoisotopic (exact) mass is 485 g/mol. The average molecular weight is 486 g/mol. The van der Waals surface area contributed by atoms with Crippen molar-refractivity contribution in [1.29, 1.82) is 0 Å². The van der Waals surface area contributed by atoms with E-state index in [1.165, 1.54) is 14.2 Å². The Morgan fingerprint density at radius 2 is 1.69 bits per heavy atom. The summed E-state index contributed by atoms with van der Waals surface area (Å²) in [6.07, 6.45) is 3.50. The van der Waals surface area contributed by atoms with Crippen LogP contribution in [0.4, 0.5) is 4.79 Å². The highest BCUT2D eigenvalue weighted by Gasteiger charge is 2.23. The number of ether oxygens (including phenoxy) is 3. The van der Waals surface area contributed by atoms with Gasteiger partial charge in [0, 0.05) is 44.5 Å². The van der Waals surface area contributed by atoms with Gasteiger partial charge in [0.1, 0.15) is 5.60 Å². The van der Waals surface area contributed by atoms with Crippen LogP contribution in [0.3, 0.4) is 0 Å². The molecule has 1 N–H and O–H groups in total. The van der Waals surface area contributed by atoms with Gasteiger partial charge in [-0.25, -0.2) is 9.59 Å². The summed E-state index contributed by atoms with van der Waals surface area (Å²) in [5, 5.41) is 2.90. The van der Waals surface area contributed by atoms with Crippen molar-refractivity contribution in [3.05, 3.63) is 65.5 Å². The van der Waals surface area contributed by atoms with E-state index in [1.807, 2.05) is 24.3 Å². The molecule has 0 aliphatic rings. The van der Waals surface area contributed by atoms with Gasteiger partial charge in [-0.3, -0.25) is 14.7 Å². The maximum Gasteiger partial charge on any atom is 0.407 e. The number of alkyl carbamates (subject to hydrolysis) is 1. The molecule has 0 radical (unpaired) electrons. The third kappa shape index (κ3) is 10.6. The SMILES string of the molecule is COC(=O)CC[C@@H](CN(Cc1ccc(C(=O)OC)cc1)Cc1cccnc1)NC(=O)OC(C)(C)C. The molecule has 1 atom stereocenters. The van der Waals surface area contributed by atoms with Crippen LogP contribution in [0.15, 0.2) is 48.8 Å². The lowest BCUT2D eigenvalue weighted by Gasteiger charge is -2.29. The minimum atomic E-state index is -0.645. The van der Waals surface area contributed by atoms with Crippen molar-refractivity contribution < 1.29 is 28.6 Å². The molecule has 0 saturated carbocycles. The Hall–Kier alpha value is -3.46. The molecule has 35 heavy (non-hydrogen) atoms. The summed E-state index contributed by atoms with van der Waals surface area (Å²) in [4.78, 5) is 42.4. The molecule has 0 aliphatic heterocycles. The van der Waals surface area contributed by atoms with Gasteiger partial charge < -0.3 is 19.5 Å². The zero-order valence-electron chi connectivity index (χ0n) is 21.1. The molecule has 0 unspecified atom stereocenters. The molecule has 0 saturated heterocycles. The number of esters is 2. The second-order valence-corrected chi connectivity index (χ2v) is 9.18. The Labute approximate surface area is 206 Å². The van der Waals surface area contributed by atoms with Crippen LogP contribution >= 0.6 is 0 Å². The summed E-state index contributed by atoms with van der Waals surface area (Å²) in [5.74, 6) is -0.744. The van der Waals surface area contributed by atoms with Crippen molar-refractivity contribution in [2.75, 3.05) is 20.8 Å². The van der Waals surface area contributed by atoms with Gasteiger partial charge in [0.25, 0.3) is 0 Å². The Balaban J connectivity index is 2.21. The Morgan fingerprint density at radius 3 is 2.26 bits per heavy atom. The summed E-state index contributed by atoms with van der Waals surface area (Å²) in [7, 11) is 2.68. The number of amides is 1. The lowest BCUT2D eigenvalue weighted by atomic mass is 10.1. The van der Waals surface area contributed by atoms with E-state index in [9.17, 15) is 14.4 Å². The highest BCUT2D eigenvalue weighted by Crippen LogP contribution is 2.15. The van der Waals surface area contributed by atoms with Gasteiger partial charge in [0.2, 0.25) is 0 Å². The van der Waals surface area contributed by atoms with Gasteiger partial charge in [-0.05, 0) is 56.5 Å². The number of benzene rings is 1. The first kappa shape index (κ1) is 27.8. The summed E-state index contributed by atoms with van der Waals surface area (Å²) in [6.45, 7) is 6.94. The van der Waals surface area contributed by atoms with Crippen molar-refractivity contribution in [2.24, 2.45) is 0 Å². The molecule has 0 fully saturated rings. The van der Waals surface area contributed by atoms with Gasteiger partial charge in [0.05, 0.1) is 19.8 Å². The summed E-state index contributed by atoms with van der Waals surface area (Å²) in [6, 6.07) is 10.7. The number of hydrogen-bond acceptors (Lipinski definition) is 8. The molecule has 0 aliphatic carbocycles. The average Bonchev–Trinajstić information content (AvgIpc) is 2.81. The standard InChI is InChI=1S/C26H35N3O6/c1-26(2,3)35-25(32)28-22(12-13-23(30)33-4)18-29(17-20-7-6-14-27-15-20)16-19-8-10-21(11-9-19)24(31)34-5/h6-11,14-15,22H,12-13,16-18H2,1-5H3,(H,28,32)/t22-/m0/s1. The highest BCUT2D eigenvalue weighted by atomic mass is 16.6. The molecule has 190 valence electrons. The number of methoxy groups -OCH3 is 2. The Bertz CT molecular complexity index is 957. The van der Waals surface area contributed by atoms with Gasteiger partial charge in [-0.15, -0.1) is 0 Å². The van der Waals surface area contributed by atoms with Gasteiger partial charge >= 0.3 is 18.0 Å². The van der Waals surface area contributed by atoms with Crippen LogP contribution < -0.4 is 5.32 Å². The number of nitrogens with zero attached hydrogens (tertiary/aromatic N) is 2. The third-order valence-corrected chi connectivity index (χ3v) is 5.03. The molecule has 0 bridgehead atoms. The predicted molar refractivity (Wildman–Crippen MR) is 131 cm³/mol. The van der Waals surface area contributed by atoms with E-state index in [0.717, 1.165) is 11.1 Å². The van der Waals surface area contributed by atoms with Crippen LogP contribution in [0.5, 0.6) is 0 Å². The topological polar surface area (TPSA) is 107 Å². The number of rotatable bonds is 11. The fourth-order valence-corrected chi connectivity index (χ4v) is 3.45. The lowest BCUT2D eigenvalue weighted by Crippen LogP contribution is -2.45. The Morgan fingerprint density at radius 1 is 1.00 bits per heavy atom. The molecule has 1 heterocycles. The van der Waals surface area contributed by atoms with E-state index in [1.54, 1.807) is 45.3 Å². The number of hydrogen-bond donors (Lipinski definition) is 1. The van der Waals surface area contributed by atoms with E-state index in [4.69, 9.17) is 14.2 Å². The number of carbonyl (C=O) groups is 3. The first-order valence-electron chi connectivity index (χ1n) is 11.4. The first-order valence-corrected chi connectivity index (χ1v) is 11.4. The van der Waals surface area contributed by atoms with Crippen LogP contribution in [0.2, 0.25) is 0 Å². The minimum Gasteiger partial charge on any atom is -0.469 e. The maximum absolute atomic E-state index is 12.5. The molecular weight excluding hydrogens is 450 g/mol. The normalized spacial score (nSPS) is 12.1. The van der Waals surface area contributed by atoms with Crippen molar-refractivity contribution in [3.8, 4) is 0 Å². The van der Waals surface area contributed by atoms with Crippen LogP contribution in [0.1, 0.15) is 55.1 Å². The molecule has 2 aromatic rings. The number of pyridine rings is 1. The van der Waals surface area contributed by atoms with Crippen LogP contribution in [0.25, 0.3) is 0 Å². The lowest BCUT2D eigenvalue weighted by molar-refractivity contribution is -0.140. The Kier molecular flexibility index (Phi) is 10.7. The molecule has 2 rings (SSSR count). The zero-order valence-corrected chi connectivity index (χ0v) is 21.1. The maximum atomic E-state index is 12.5. The number of aromatic nitrogens is 1. The van der Waals surface area contributed by atoms with Crippen LogP contribution in [-0.2, 0) is 32.1 Å². The molecular formula is C26H35N3O6.